The van der Waals surface area contributed by atoms with Crippen molar-refractivity contribution in [2.75, 3.05) is 18.5 Å². The van der Waals surface area contributed by atoms with E-state index in [-0.39, 0.29) is 0 Å². The number of benzene rings is 1. The molecule has 16 heavy (non-hydrogen) atoms. The van der Waals surface area contributed by atoms with Crippen molar-refractivity contribution in [1.82, 2.24) is 9.97 Å². The summed E-state index contributed by atoms with van der Waals surface area (Å²) < 4.78 is 0. The third-order valence-corrected chi connectivity index (χ3v) is 2.73. The predicted octanol–water partition coefficient (Wildman–Crippen LogP) is 2.87. The highest BCUT2D eigenvalue weighted by molar-refractivity contribution is 5.88. The van der Waals surface area contributed by atoms with E-state index in [0.29, 0.717) is 0 Å². The number of para-hydroxylation sites is 1. The molecule has 0 unspecified atom stereocenters. The predicted molar refractivity (Wildman–Crippen MR) is 67.7 cm³/mol. The van der Waals surface area contributed by atoms with Gasteiger partial charge in [0, 0.05) is 19.0 Å². The highest BCUT2D eigenvalue weighted by Gasteiger charge is 2.06. The lowest BCUT2D eigenvalue weighted by atomic mass is 10.2. The molecule has 2 rings (SSSR count). The van der Waals surface area contributed by atoms with Crippen LogP contribution in [0.1, 0.15) is 19.8 Å². The van der Waals surface area contributed by atoms with E-state index in [2.05, 4.69) is 34.9 Å². The zero-order valence-electron chi connectivity index (χ0n) is 9.85. The molecule has 0 fully saturated rings. The van der Waals surface area contributed by atoms with Crippen LogP contribution in [0.5, 0.6) is 0 Å². The van der Waals surface area contributed by atoms with Gasteiger partial charge in [0.25, 0.3) is 0 Å². The fourth-order valence-corrected chi connectivity index (χ4v) is 1.80. The molecule has 0 bridgehead atoms. The zero-order valence-corrected chi connectivity index (χ0v) is 9.85. The van der Waals surface area contributed by atoms with Crippen LogP contribution in [0.15, 0.2) is 30.6 Å². The second-order valence-corrected chi connectivity index (χ2v) is 3.99. The standard InChI is InChI=1S/C13H17N3/c1-3-4-9-16(2)13-11-7-5-6-8-12(11)14-10-15-13/h5-8,10H,3-4,9H2,1-2H3. The lowest BCUT2D eigenvalue weighted by Crippen LogP contribution is -2.19. The van der Waals surface area contributed by atoms with Crippen LogP contribution in [0.25, 0.3) is 10.9 Å². The molecule has 0 aliphatic heterocycles. The van der Waals surface area contributed by atoms with Crippen molar-refractivity contribution in [3.63, 3.8) is 0 Å². The molecule has 0 spiro atoms. The van der Waals surface area contributed by atoms with E-state index in [1.807, 2.05) is 18.2 Å². The summed E-state index contributed by atoms with van der Waals surface area (Å²) in [4.78, 5) is 10.8. The molecule has 1 heterocycles. The van der Waals surface area contributed by atoms with E-state index >= 15 is 0 Å². The highest BCUT2D eigenvalue weighted by atomic mass is 15.2. The Kier molecular flexibility index (Phi) is 3.34. The summed E-state index contributed by atoms with van der Waals surface area (Å²) >= 11 is 0. The number of hydrogen-bond donors (Lipinski definition) is 0. The summed E-state index contributed by atoms with van der Waals surface area (Å²) in [6, 6.07) is 8.13. The SMILES string of the molecule is CCCCN(C)c1ncnc2ccccc12. The van der Waals surface area contributed by atoms with Crippen LogP contribution in [0.4, 0.5) is 5.82 Å². The number of hydrogen-bond acceptors (Lipinski definition) is 3. The molecule has 2 aromatic rings. The maximum atomic E-state index is 4.37. The first-order chi connectivity index (χ1) is 7.83. The molecule has 3 nitrogen and oxygen atoms in total. The normalized spacial score (nSPS) is 10.6. The van der Waals surface area contributed by atoms with Gasteiger partial charge >= 0.3 is 0 Å². The van der Waals surface area contributed by atoms with Crippen molar-refractivity contribution in [2.24, 2.45) is 0 Å². The van der Waals surface area contributed by atoms with E-state index in [1.165, 1.54) is 12.8 Å². The molecule has 0 radical (unpaired) electrons. The molecule has 0 saturated heterocycles. The summed E-state index contributed by atoms with van der Waals surface area (Å²) in [6.07, 6.45) is 4.03. The van der Waals surface area contributed by atoms with Crippen molar-refractivity contribution >= 4 is 16.7 Å². The first-order valence-corrected chi connectivity index (χ1v) is 5.74. The quantitative estimate of drug-likeness (QED) is 0.785. The highest BCUT2D eigenvalue weighted by Crippen LogP contribution is 2.21. The van der Waals surface area contributed by atoms with Crippen LogP contribution in [-0.2, 0) is 0 Å². The summed E-state index contributed by atoms with van der Waals surface area (Å²) in [7, 11) is 2.09. The lowest BCUT2D eigenvalue weighted by Gasteiger charge is -2.18. The van der Waals surface area contributed by atoms with Gasteiger partial charge in [0.15, 0.2) is 0 Å². The van der Waals surface area contributed by atoms with Gasteiger partial charge in [-0.3, -0.25) is 0 Å². The molecule has 0 aliphatic carbocycles. The second-order valence-electron chi connectivity index (χ2n) is 3.99. The van der Waals surface area contributed by atoms with Crippen LogP contribution < -0.4 is 4.90 Å². The molecule has 1 aromatic heterocycles. The van der Waals surface area contributed by atoms with Crippen molar-refractivity contribution in [2.45, 2.75) is 19.8 Å². The Balaban J connectivity index is 2.36. The molecule has 84 valence electrons. The first kappa shape index (κ1) is 10.9. The summed E-state index contributed by atoms with van der Waals surface area (Å²) in [5, 5.41) is 1.13. The number of rotatable bonds is 4. The van der Waals surface area contributed by atoms with Crippen molar-refractivity contribution in [3.8, 4) is 0 Å². The molecule has 1 aromatic carbocycles. The van der Waals surface area contributed by atoms with Crippen molar-refractivity contribution < 1.29 is 0 Å². The first-order valence-electron chi connectivity index (χ1n) is 5.74. The van der Waals surface area contributed by atoms with Gasteiger partial charge in [0.1, 0.15) is 12.1 Å². The minimum absolute atomic E-state index is 1.01. The van der Waals surface area contributed by atoms with Crippen molar-refractivity contribution in [1.29, 1.82) is 0 Å². The Morgan fingerprint density at radius 1 is 1.19 bits per heavy atom. The molecule has 0 saturated carbocycles. The summed E-state index contributed by atoms with van der Waals surface area (Å²) in [5.41, 5.74) is 1.01. The molecule has 3 heteroatoms. The van der Waals surface area contributed by atoms with Gasteiger partial charge in [-0.05, 0) is 18.6 Å². The molecular formula is C13H17N3. The number of fused-ring (bicyclic) bond motifs is 1. The Morgan fingerprint density at radius 3 is 2.81 bits per heavy atom. The number of aromatic nitrogens is 2. The topological polar surface area (TPSA) is 29.0 Å². The Morgan fingerprint density at radius 2 is 2.00 bits per heavy atom. The van der Waals surface area contributed by atoms with Gasteiger partial charge in [-0.1, -0.05) is 25.5 Å². The zero-order chi connectivity index (χ0) is 11.4. The minimum atomic E-state index is 1.01. The van der Waals surface area contributed by atoms with E-state index in [9.17, 15) is 0 Å². The van der Waals surface area contributed by atoms with E-state index in [1.54, 1.807) is 6.33 Å². The van der Waals surface area contributed by atoms with Crippen LogP contribution >= 0.6 is 0 Å². The smallest absolute Gasteiger partial charge is 0.139 e. The Hall–Kier alpha value is -1.64. The van der Waals surface area contributed by atoms with Gasteiger partial charge in [-0.25, -0.2) is 9.97 Å². The van der Waals surface area contributed by atoms with Gasteiger partial charge in [0.2, 0.25) is 0 Å². The molecule has 0 atom stereocenters. The van der Waals surface area contributed by atoms with Gasteiger partial charge in [-0.2, -0.15) is 0 Å². The maximum absolute atomic E-state index is 4.37. The summed E-state index contributed by atoms with van der Waals surface area (Å²) in [5.74, 6) is 1.03. The van der Waals surface area contributed by atoms with Crippen molar-refractivity contribution in [3.05, 3.63) is 30.6 Å². The number of nitrogens with zero attached hydrogens (tertiary/aromatic N) is 3. The molecule has 0 amide bonds. The maximum Gasteiger partial charge on any atom is 0.139 e. The van der Waals surface area contributed by atoms with Crippen LogP contribution in [-0.4, -0.2) is 23.6 Å². The minimum Gasteiger partial charge on any atom is -0.359 e. The average Bonchev–Trinajstić information content (AvgIpc) is 2.35. The number of unbranched alkanes of at least 4 members (excludes halogenated alkanes) is 1. The summed E-state index contributed by atoms with van der Waals surface area (Å²) in [6.45, 7) is 3.24. The van der Waals surface area contributed by atoms with Crippen LogP contribution in [0.3, 0.4) is 0 Å². The van der Waals surface area contributed by atoms with E-state index in [4.69, 9.17) is 0 Å². The molecular weight excluding hydrogens is 198 g/mol. The van der Waals surface area contributed by atoms with Crippen LogP contribution in [0.2, 0.25) is 0 Å². The van der Waals surface area contributed by atoms with Gasteiger partial charge < -0.3 is 4.90 Å². The van der Waals surface area contributed by atoms with Gasteiger partial charge in [0.05, 0.1) is 5.52 Å². The largest absolute Gasteiger partial charge is 0.359 e. The molecule has 0 N–H and O–H groups in total. The van der Waals surface area contributed by atoms with Crippen LogP contribution in [0, 0.1) is 0 Å². The monoisotopic (exact) mass is 215 g/mol. The molecule has 0 aliphatic rings. The lowest BCUT2D eigenvalue weighted by molar-refractivity contribution is 0.761. The van der Waals surface area contributed by atoms with E-state index in [0.717, 1.165) is 23.3 Å². The Bertz CT molecular complexity index is 462. The fraction of sp³-hybridized carbons (Fsp3) is 0.385. The average molecular weight is 215 g/mol. The third-order valence-electron chi connectivity index (χ3n) is 2.73. The number of anilines is 1. The second kappa shape index (κ2) is 4.92. The van der Waals surface area contributed by atoms with E-state index < -0.39 is 0 Å². The third kappa shape index (κ3) is 2.13. The Labute approximate surface area is 96.1 Å². The van der Waals surface area contributed by atoms with Gasteiger partial charge in [-0.15, -0.1) is 0 Å². The fourth-order valence-electron chi connectivity index (χ4n) is 1.80.